The zero-order valence-corrected chi connectivity index (χ0v) is 15.8. The van der Waals surface area contributed by atoms with E-state index in [0.29, 0.717) is 36.9 Å². The van der Waals surface area contributed by atoms with E-state index in [1.54, 1.807) is 0 Å². The zero-order valence-electron chi connectivity index (χ0n) is 15.8. The smallest absolute Gasteiger partial charge is 0.278 e. The van der Waals surface area contributed by atoms with E-state index in [9.17, 15) is 4.79 Å². The summed E-state index contributed by atoms with van der Waals surface area (Å²) in [6.45, 7) is 5.10. The van der Waals surface area contributed by atoms with Gasteiger partial charge >= 0.3 is 0 Å². The van der Waals surface area contributed by atoms with Gasteiger partial charge in [-0.3, -0.25) is 9.48 Å². The maximum Gasteiger partial charge on any atom is 0.278 e. The van der Waals surface area contributed by atoms with E-state index in [-0.39, 0.29) is 11.8 Å². The van der Waals surface area contributed by atoms with Crippen LogP contribution in [0, 0.1) is 5.92 Å². The van der Waals surface area contributed by atoms with E-state index in [2.05, 4.69) is 15.2 Å². The first-order valence-electron chi connectivity index (χ1n) is 9.23. The fourth-order valence-electron chi connectivity index (χ4n) is 3.52. The first kappa shape index (κ1) is 17.5. The Bertz CT molecular complexity index is 958. The van der Waals surface area contributed by atoms with E-state index in [0.717, 1.165) is 23.2 Å². The molecule has 27 heavy (non-hydrogen) atoms. The first-order valence-corrected chi connectivity index (χ1v) is 9.23. The fourth-order valence-corrected chi connectivity index (χ4v) is 3.52. The summed E-state index contributed by atoms with van der Waals surface area (Å²) in [5.74, 6) is 1.18. The maximum atomic E-state index is 12.4. The lowest BCUT2D eigenvalue weighted by molar-refractivity contribution is -0.135. The Morgan fingerprint density at radius 1 is 1.26 bits per heavy atom. The molecule has 140 valence electrons. The maximum absolute atomic E-state index is 12.4. The highest BCUT2D eigenvalue weighted by Gasteiger charge is 2.30. The second-order valence-corrected chi connectivity index (χ2v) is 7.24. The number of hydrogen-bond donors (Lipinski definition) is 0. The van der Waals surface area contributed by atoms with Crippen molar-refractivity contribution in [2.24, 2.45) is 13.0 Å². The Labute approximate surface area is 158 Å². The molecule has 1 amide bonds. The van der Waals surface area contributed by atoms with Gasteiger partial charge in [-0.15, -0.1) is 0 Å². The molecule has 3 aromatic rings. The summed E-state index contributed by atoms with van der Waals surface area (Å²) >= 11 is 0. The minimum absolute atomic E-state index is 0.0208. The molecule has 1 aliphatic rings. The van der Waals surface area contributed by atoms with Gasteiger partial charge < -0.3 is 9.42 Å². The van der Waals surface area contributed by atoms with Gasteiger partial charge in [0.05, 0.1) is 0 Å². The van der Waals surface area contributed by atoms with Crippen molar-refractivity contribution < 1.29 is 9.32 Å². The number of hydrogen-bond acceptors (Lipinski definition) is 5. The molecule has 0 fully saturated rings. The molecular weight excluding hydrogens is 342 g/mol. The Hall–Kier alpha value is -2.96. The third-order valence-electron chi connectivity index (χ3n) is 4.92. The molecular formula is C20H23N5O2. The summed E-state index contributed by atoms with van der Waals surface area (Å²) in [7, 11) is 1.92. The molecule has 0 saturated heterocycles. The topological polar surface area (TPSA) is 77.1 Å². The van der Waals surface area contributed by atoms with Crippen molar-refractivity contribution in [3.8, 4) is 11.6 Å². The van der Waals surface area contributed by atoms with Gasteiger partial charge in [0.25, 0.3) is 5.89 Å². The van der Waals surface area contributed by atoms with E-state index >= 15 is 0 Å². The minimum Gasteiger partial charge on any atom is -0.338 e. The SMILES string of the molecule is CC(C)C(=O)N1CCc2c(c(-c3nc(Cc4ccccc4)no3)nn2C)C1. The Morgan fingerprint density at radius 3 is 2.78 bits per heavy atom. The van der Waals surface area contributed by atoms with Crippen LogP contribution in [-0.4, -0.2) is 37.3 Å². The molecule has 4 rings (SSSR count). The third kappa shape index (κ3) is 3.37. The van der Waals surface area contributed by atoms with Crippen molar-refractivity contribution in [1.29, 1.82) is 0 Å². The molecule has 0 aliphatic carbocycles. The molecule has 0 atom stereocenters. The second kappa shape index (κ2) is 6.98. The van der Waals surface area contributed by atoms with Gasteiger partial charge in [0, 0.05) is 50.2 Å². The van der Waals surface area contributed by atoms with Gasteiger partial charge in [0.15, 0.2) is 11.5 Å². The summed E-state index contributed by atoms with van der Waals surface area (Å²) in [5.41, 5.74) is 3.94. The average molecular weight is 365 g/mol. The molecule has 0 saturated carbocycles. The van der Waals surface area contributed by atoms with Crippen LogP contribution in [0.5, 0.6) is 0 Å². The molecule has 1 aromatic carbocycles. The molecule has 0 spiro atoms. The third-order valence-corrected chi connectivity index (χ3v) is 4.92. The van der Waals surface area contributed by atoms with Crippen LogP contribution < -0.4 is 0 Å². The monoisotopic (exact) mass is 365 g/mol. The largest absolute Gasteiger partial charge is 0.338 e. The number of rotatable bonds is 4. The molecule has 7 nitrogen and oxygen atoms in total. The van der Waals surface area contributed by atoms with Crippen LogP contribution in [0.3, 0.4) is 0 Å². The van der Waals surface area contributed by atoms with Gasteiger partial charge in [-0.1, -0.05) is 49.3 Å². The number of benzene rings is 1. The van der Waals surface area contributed by atoms with Crippen LogP contribution >= 0.6 is 0 Å². The van der Waals surface area contributed by atoms with Gasteiger partial charge in [-0.25, -0.2) is 0 Å². The zero-order chi connectivity index (χ0) is 19.0. The van der Waals surface area contributed by atoms with Crippen molar-refractivity contribution in [2.45, 2.75) is 33.2 Å². The predicted molar refractivity (Wildman–Crippen MR) is 99.7 cm³/mol. The summed E-state index contributed by atoms with van der Waals surface area (Å²) in [6, 6.07) is 10.0. The highest BCUT2D eigenvalue weighted by Crippen LogP contribution is 2.29. The highest BCUT2D eigenvalue weighted by atomic mass is 16.5. The van der Waals surface area contributed by atoms with E-state index in [1.807, 2.05) is 60.8 Å². The first-order chi connectivity index (χ1) is 13.0. The van der Waals surface area contributed by atoms with Crippen LogP contribution in [0.1, 0.15) is 36.5 Å². The van der Waals surface area contributed by atoms with Gasteiger partial charge in [0.2, 0.25) is 5.91 Å². The van der Waals surface area contributed by atoms with E-state index in [1.165, 1.54) is 0 Å². The molecule has 0 unspecified atom stereocenters. The van der Waals surface area contributed by atoms with Crippen molar-refractivity contribution >= 4 is 5.91 Å². The number of fused-ring (bicyclic) bond motifs is 1. The number of aryl methyl sites for hydroxylation is 1. The number of carbonyl (C=O) groups excluding carboxylic acids is 1. The van der Waals surface area contributed by atoms with Crippen LogP contribution in [-0.2, 0) is 31.2 Å². The summed E-state index contributed by atoms with van der Waals surface area (Å²) in [4.78, 5) is 18.9. The standard InChI is InChI=1S/C20H23N5O2/c1-13(2)20(26)25-10-9-16-15(12-25)18(22-24(16)3)19-21-17(23-27-19)11-14-7-5-4-6-8-14/h4-8,13H,9-12H2,1-3H3. The second-order valence-electron chi connectivity index (χ2n) is 7.24. The summed E-state index contributed by atoms with van der Waals surface area (Å²) in [6.07, 6.45) is 1.39. The fraction of sp³-hybridized carbons (Fsp3) is 0.400. The number of amides is 1. The van der Waals surface area contributed by atoms with Crippen molar-refractivity contribution in [1.82, 2.24) is 24.8 Å². The summed E-state index contributed by atoms with van der Waals surface area (Å²) in [5, 5.41) is 8.72. The normalized spacial score (nSPS) is 13.9. The molecule has 0 bridgehead atoms. The average Bonchev–Trinajstić information content (AvgIpc) is 3.26. The van der Waals surface area contributed by atoms with Crippen LogP contribution in [0.25, 0.3) is 11.6 Å². The van der Waals surface area contributed by atoms with E-state index in [4.69, 9.17) is 4.52 Å². The lowest BCUT2D eigenvalue weighted by Crippen LogP contribution is -2.38. The Morgan fingerprint density at radius 2 is 2.04 bits per heavy atom. The van der Waals surface area contributed by atoms with Crippen molar-refractivity contribution in [3.63, 3.8) is 0 Å². The van der Waals surface area contributed by atoms with Crippen molar-refractivity contribution in [2.75, 3.05) is 6.54 Å². The number of aromatic nitrogens is 4. The predicted octanol–water partition coefficient (Wildman–Crippen LogP) is 2.60. The van der Waals surface area contributed by atoms with Crippen LogP contribution in [0.15, 0.2) is 34.9 Å². The minimum atomic E-state index is -0.0208. The Balaban J connectivity index is 1.61. The molecule has 2 aromatic heterocycles. The van der Waals surface area contributed by atoms with E-state index < -0.39 is 0 Å². The lowest BCUT2D eigenvalue weighted by atomic mass is 10.0. The molecule has 1 aliphatic heterocycles. The molecule has 7 heteroatoms. The number of nitrogens with zero attached hydrogens (tertiary/aromatic N) is 5. The molecule has 0 radical (unpaired) electrons. The molecule has 0 N–H and O–H groups in total. The quantitative estimate of drug-likeness (QED) is 0.710. The molecule has 3 heterocycles. The van der Waals surface area contributed by atoms with Crippen molar-refractivity contribution in [3.05, 3.63) is 53.0 Å². The summed E-state index contributed by atoms with van der Waals surface area (Å²) < 4.78 is 7.37. The van der Waals surface area contributed by atoms with Crippen LogP contribution in [0.4, 0.5) is 0 Å². The van der Waals surface area contributed by atoms with Crippen LogP contribution in [0.2, 0.25) is 0 Å². The highest BCUT2D eigenvalue weighted by molar-refractivity contribution is 5.78. The van der Waals surface area contributed by atoms with Gasteiger partial charge in [0.1, 0.15) is 0 Å². The number of carbonyl (C=O) groups is 1. The van der Waals surface area contributed by atoms with Gasteiger partial charge in [-0.2, -0.15) is 10.1 Å². The van der Waals surface area contributed by atoms with Gasteiger partial charge in [-0.05, 0) is 5.56 Å². The Kier molecular flexibility index (Phi) is 4.51. The lowest BCUT2D eigenvalue weighted by Gasteiger charge is -2.28.